The minimum absolute atomic E-state index is 0.165. The smallest absolute Gasteiger partial charge is 0.303 e. The number of carbonyl (C=O) groups excluding carboxylic acids is 6. The van der Waals surface area contributed by atoms with Gasteiger partial charge in [0, 0.05) is 68.1 Å². The second kappa shape index (κ2) is 21.8. The summed E-state index contributed by atoms with van der Waals surface area (Å²) < 4.78 is 46.5. The van der Waals surface area contributed by atoms with Crippen LogP contribution in [0, 0.1) is 0 Å². The maximum Gasteiger partial charge on any atom is 0.303 e. The van der Waals surface area contributed by atoms with Gasteiger partial charge in [-0.15, -0.1) is 0 Å². The van der Waals surface area contributed by atoms with E-state index >= 15 is 0 Å². The summed E-state index contributed by atoms with van der Waals surface area (Å²) in [6.07, 6.45) is -4.98. The molecule has 4 rings (SSSR count). The highest BCUT2D eigenvalue weighted by Crippen LogP contribution is 2.31. The molecule has 0 unspecified atom stereocenters. The molecule has 0 radical (unpaired) electrons. The van der Waals surface area contributed by atoms with Gasteiger partial charge < -0.3 is 48.5 Å². The molecule has 2 aliphatic rings. The normalized spacial score (nSPS) is 23.6. The summed E-state index contributed by atoms with van der Waals surface area (Å²) in [5.74, 6) is -4.90. The molecule has 2 N–H and O–H groups in total. The van der Waals surface area contributed by atoms with E-state index in [4.69, 9.17) is 37.9 Å². The van der Waals surface area contributed by atoms with Gasteiger partial charge >= 0.3 is 35.8 Å². The van der Waals surface area contributed by atoms with Crippen LogP contribution in [0.15, 0.2) is 29.9 Å². The van der Waals surface area contributed by atoms with Gasteiger partial charge in [0.15, 0.2) is 82.4 Å². The summed E-state index contributed by atoms with van der Waals surface area (Å²) in [7, 11) is 2.91. The van der Waals surface area contributed by atoms with Crippen LogP contribution in [0.25, 0.3) is 0 Å². The predicted octanol–water partition coefficient (Wildman–Crippen LogP) is 0.549. The Labute approximate surface area is 361 Å². The fraction of sp³-hybridized carbons (Fsp3) is 0.556. The number of hydrogen-bond donors (Lipinski definition) is 2. The fourth-order valence-electron chi connectivity index (χ4n) is 6.16. The van der Waals surface area contributed by atoms with E-state index in [0.29, 0.717) is 0 Å². The molecule has 4 heterocycles. The fourth-order valence-corrected chi connectivity index (χ4v) is 7.23. The molecule has 0 aliphatic carbocycles. The van der Waals surface area contributed by atoms with Gasteiger partial charge in [0.1, 0.15) is 0 Å². The van der Waals surface area contributed by atoms with E-state index < -0.39 is 96.0 Å². The van der Waals surface area contributed by atoms with Crippen molar-refractivity contribution >= 4 is 94.8 Å². The molecule has 62 heavy (non-hydrogen) atoms. The van der Waals surface area contributed by atoms with Crippen molar-refractivity contribution in [2.75, 3.05) is 36.4 Å². The monoisotopic (exact) mass is 910 g/mol. The maximum atomic E-state index is 13.7. The van der Waals surface area contributed by atoms with Crippen molar-refractivity contribution in [3.63, 3.8) is 0 Å². The number of aliphatic imine (C=N–C) groups is 2. The number of thioether (sulfide) groups is 2. The Morgan fingerprint density at radius 2 is 0.887 bits per heavy atom. The minimum Gasteiger partial charge on any atom is -0.456 e. The molecule has 0 saturated carbocycles. The first-order chi connectivity index (χ1) is 29.2. The number of rotatable bonds is 15. The number of anilines is 2. The molecular weight excluding hydrogens is 865 g/mol. The van der Waals surface area contributed by atoms with Gasteiger partial charge in [0.2, 0.25) is 0 Å². The Bertz CT molecular complexity index is 2080. The summed E-state index contributed by atoms with van der Waals surface area (Å²) in [4.78, 5) is 117. The van der Waals surface area contributed by atoms with E-state index in [1.54, 1.807) is 12.5 Å². The van der Waals surface area contributed by atoms with Crippen LogP contribution in [0.4, 0.5) is 23.0 Å². The molecule has 0 amide bonds. The molecular formula is C36H46N8O16S2. The molecule has 0 spiro atoms. The lowest BCUT2D eigenvalue weighted by Crippen LogP contribution is -2.59. The van der Waals surface area contributed by atoms with Crippen LogP contribution in [-0.4, -0.2) is 142 Å². The average molecular weight is 911 g/mol. The van der Waals surface area contributed by atoms with Crippen molar-refractivity contribution in [3.05, 3.63) is 20.7 Å². The summed E-state index contributed by atoms with van der Waals surface area (Å²) in [5, 5.41) is 6.26. The lowest BCUT2D eigenvalue weighted by Gasteiger charge is -2.40. The van der Waals surface area contributed by atoms with Gasteiger partial charge in [-0.25, -0.2) is 20.0 Å². The molecule has 2 saturated heterocycles. The SMILES string of the molecule is CSc1nc(N[C@@H]2OC[C@H](OC(C)=O)[C@H](OC(C)=O)[C@@H]2OC(C)=O)c(N=CC=Nc2c(N[C@@H]3OC[C@H](OC(C)=O)[C@H](OC(C)=O)[C@@H]3OC(C)=O)nc(SC)n(C)c2=O)c(=O)n1C. The second-order valence-electron chi connectivity index (χ2n) is 13.3. The van der Waals surface area contributed by atoms with Gasteiger partial charge in [-0.2, -0.15) is 0 Å². The quantitative estimate of drug-likeness (QED) is 0.0811. The molecule has 0 aromatic carbocycles. The van der Waals surface area contributed by atoms with Crippen LogP contribution < -0.4 is 21.8 Å². The van der Waals surface area contributed by atoms with E-state index in [1.807, 2.05) is 0 Å². The van der Waals surface area contributed by atoms with E-state index in [2.05, 4.69) is 30.6 Å². The van der Waals surface area contributed by atoms with E-state index in [1.165, 1.54) is 23.2 Å². The number of nitrogens with one attached hydrogen (secondary N) is 2. The number of aromatic nitrogens is 4. The van der Waals surface area contributed by atoms with Gasteiger partial charge in [0.05, 0.1) is 13.2 Å². The molecule has 26 heteroatoms. The molecule has 338 valence electrons. The second-order valence-corrected chi connectivity index (χ2v) is 14.8. The number of carbonyl (C=O) groups is 6. The highest BCUT2D eigenvalue weighted by molar-refractivity contribution is 7.98. The van der Waals surface area contributed by atoms with Gasteiger partial charge in [0.25, 0.3) is 11.1 Å². The number of hydrogen-bond acceptors (Lipinski definition) is 24. The maximum absolute atomic E-state index is 13.7. The Hall–Kier alpha value is -5.86. The van der Waals surface area contributed by atoms with Crippen LogP contribution in [0.2, 0.25) is 0 Å². The standard InChI is InChI=1S/C36H46N8O16S2/c1-15(45)55-21-13-53-31(27(59-19(5)49)25(21)57-17(3)47)39-29-23(33(51)43(7)35(41-29)61-9)37-11-12-38-24-30(42-36(62-10)44(8)34(24)52)40-32-28(60-20(6)50)26(58-18(4)48)22(14-54-32)56-16(2)46/h11-12,21-22,25-28,31-32,39-40H,13-14H2,1-10H3/t21-,22-,25-,26-,27-,28-,31+,32+/m0/s1. The Morgan fingerprint density at radius 3 is 1.18 bits per heavy atom. The molecule has 2 aromatic heterocycles. The summed E-state index contributed by atoms with van der Waals surface area (Å²) in [5.41, 5.74) is -1.91. The lowest BCUT2D eigenvalue weighted by atomic mass is 10.0. The van der Waals surface area contributed by atoms with E-state index in [0.717, 1.165) is 77.5 Å². The number of esters is 6. The van der Waals surface area contributed by atoms with E-state index in [-0.39, 0.29) is 46.5 Å². The van der Waals surface area contributed by atoms with Crippen molar-refractivity contribution in [3.8, 4) is 0 Å². The average Bonchev–Trinajstić information content (AvgIpc) is 3.18. The number of nitrogens with zero attached hydrogens (tertiary/aromatic N) is 6. The predicted molar refractivity (Wildman–Crippen MR) is 219 cm³/mol. The van der Waals surface area contributed by atoms with Crippen LogP contribution >= 0.6 is 23.5 Å². The van der Waals surface area contributed by atoms with Crippen LogP contribution in [-0.2, 0) is 80.8 Å². The Kier molecular flexibility index (Phi) is 17.1. The third-order valence-electron chi connectivity index (χ3n) is 8.55. The third-order valence-corrected chi connectivity index (χ3v) is 10.0. The summed E-state index contributed by atoms with van der Waals surface area (Å²) >= 11 is 2.24. The molecule has 8 atom stereocenters. The first-order valence-electron chi connectivity index (χ1n) is 18.4. The lowest BCUT2D eigenvalue weighted by molar-refractivity contribution is -0.221. The highest BCUT2D eigenvalue weighted by Gasteiger charge is 2.49. The molecule has 2 fully saturated rings. The molecule has 24 nitrogen and oxygen atoms in total. The Morgan fingerprint density at radius 1 is 0.581 bits per heavy atom. The van der Waals surface area contributed by atoms with Crippen LogP contribution in [0.1, 0.15) is 41.5 Å². The van der Waals surface area contributed by atoms with Crippen molar-refractivity contribution < 1.29 is 66.7 Å². The third kappa shape index (κ3) is 12.4. The zero-order chi connectivity index (χ0) is 46.0. The number of ether oxygens (including phenoxy) is 8. The van der Waals surface area contributed by atoms with Gasteiger partial charge in [-0.05, 0) is 12.5 Å². The molecule has 0 bridgehead atoms. The van der Waals surface area contributed by atoms with Crippen LogP contribution in [0.5, 0.6) is 0 Å². The summed E-state index contributed by atoms with van der Waals surface area (Å²) in [6.45, 7) is 6.07. The topological polar surface area (TPSA) is 295 Å². The minimum atomic E-state index is -1.42. The van der Waals surface area contributed by atoms with Crippen molar-refractivity contribution in [1.29, 1.82) is 0 Å². The molecule has 2 aromatic rings. The zero-order valence-corrected chi connectivity index (χ0v) is 36.9. The van der Waals surface area contributed by atoms with Crippen molar-refractivity contribution in [2.24, 2.45) is 24.1 Å². The first kappa shape index (κ1) is 48.8. The van der Waals surface area contributed by atoms with Crippen molar-refractivity contribution in [1.82, 2.24) is 19.1 Å². The first-order valence-corrected chi connectivity index (χ1v) is 20.9. The van der Waals surface area contributed by atoms with E-state index in [9.17, 15) is 38.4 Å². The van der Waals surface area contributed by atoms with Crippen LogP contribution in [0.3, 0.4) is 0 Å². The molecule has 2 aliphatic heterocycles. The highest BCUT2D eigenvalue weighted by atomic mass is 32.2. The largest absolute Gasteiger partial charge is 0.456 e. The summed E-state index contributed by atoms with van der Waals surface area (Å²) in [6, 6.07) is 0. The van der Waals surface area contributed by atoms with Gasteiger partial charge in [-0.3, -0.25) is 47.5 Å². The van der Waals surface area contributed by atoms with Crippen molar-refractivity contribution in [2.45, 2.75) is 101 Å². The Balaban J connectivity index is 1.75. The van der Waals surface area contributed by atoms with Gasteiger partial charge in [-0.1, -0.05) is 23.5 Å². The zero-order valence-electron chi connectivity index (χ0n) is 35.2.